The molecule has 1 atom stereocenters. The summed E-state index contributed by atoms with van der Waals surface area (Å²) in [4.78, 5) is 6.94. The molecule has 2 aromatic rings. The zero-order chi connectivity index (χ0) is 15.0. The fraction of sp³-hybridized carbons (Fsp3) is 0.316. The lowest BCUT2D eigenvalue weighted by Gasteiger charge is -2.45. The van der Waals surface area contributed by atoms with Crippen LogP contribution >= 0.6 is 0 Å². The van der Waals surface area contributed by atoms with Crippen LogP contribution in [0.3, 0.4) is 0 Å². The third kappa shape index (κ3) is 1.97. The Morgan fingerprint density at radius 1 is 0.909 bits per heavy atom. The number of benzene rings is 2. The number of rotatable bonds is 1. The number of hydrogen-bond acceptors (Lipinski definition) is 3. The maximum atomic E-state index is 11.8. The minimum atomic E-state index is -1.11. The highest BCUT2D eigenvalue weighted by molar-refractivity contribution is 5.89. The number of nitrogens with zero attached hydrogens (tertiary/aromatic N) is 2. The molecule has 0 aliphatic carbocycles. The number of fused-ring (bicyclic) bond motifs is 2. The zero-order valence-corrected chi connectivity index (χ0v) is 12.6. The van der Waals surface area contributed by atoms with Crippen LogP contribution in [0.4, 0.5) is 5.69 Å². The Morgan fingerprint density at radius 3 is 2.55 bits per heavy atom. The van der Waals surface area contributed by atoms with Crippen LogP contribution in [0.15, 0.2) is 59.6 Å². The molecular weight excluding hydrogens is 272 g/mol. The van der Waals surface area contributed by atoms with Gasteiger partial charge in [-0.05, 0) is 18.9 Å². The van der Waals surface area contributed by atoms with E-state index in [2.05, 4.69) is 4.90 Å². The van der Waals surface area contributed by atoms with Gasteiger partial charge in [-0.1, -0.05) is 55.0 Å². The van der Waals surface area contributed by atoms with E-state index in [4.69, 9.17) is 4.99 Å². The number of para-hydroxylation sites is 1. The van der Waals surface area contributed by atoms with E-state index < -0.39 is 5.72 Å². The fourth-order valence-electron chi connectivity index (χ4n) is 3.59. The van der Waals surface area contributed by atoms with E-state index in [-0.39, 0.29) is 0 Å². The molecule has 0 amide bonds. The van der Waals surface area contributed by atoms with Crippen LogP contribution in [-0.2, 0) is 5.72 Å². The highest BCUT2D eigenvalue weighted by atomic mass is 16.3. The highest BCUT2D eigenvalue weighted by Crippen LogP contribution is 2.43. The number of aliphatic hydroxyl groups is 1. The first-order valence-corrected chi connectivity index (χ1v) is 8.03. The Morgan fingerprint density at radius 2 is 1.68 bits per heavy atom. The molecule has 1 unspecified atom stereocenters. The van der Waals surface area contributed by atoms with Gasteiger partial charge >= 0.3 is 0 Å². The molecule has 2 aliphatic heterocycles. The molecule has 0 saturated carbocycles. The van der Waals surface area contributed by atoms with E-state index in [9.17, 15) is 5.11 Å². The van der Waals surface area contributed by atoms with Crippen molar-refractivity contribution in [2.24, 2.45) is 4.99 Å². The molecule has 0 spiro atoms. The summed E-state index contributed by atoms with van der Waals surface area (Å²) in [5.74, 6) is 1.02. The van der Waals surface area contributed by atoms with Gasteiger partial charge in [0.2, 0.25) is 0 Å². The van der Waals surface area contributed by atoms with Crippen molar-refractivity contribution in [3.8, 4) is 0 Å². The largest absolute Gasteiger partial charge is 0.363 e. The summed E-state index contributed by atoms with van der Waals surface area (Å²) in [6.45, 7) is 0.846. The van der Waals surface area contributed by atoms with Crippen LogP contribution in [0.1, 0.15) is 36.8 Å². The maximum Gasteiger partial charge on any atom is 0.194 e. The van der Waals surface area contributed by atoms with Crippen LogP contribution in [0.5, 0.6) is 0 Å². The van der Waals surface area contributed by atoms with Crippen molar-refractivity contribution in [3.05, 3.63) is 65.7 Å². The standard InChI is InChI=1S/C19H20N2O/c22-19(15-9-3-1-4-10-15)16-11-6-7-12-17(16)20-18-13-5-2-8-14-21(18)19/h1,3-4,6-7,9-12,22H,2,5,8,13-14H2. The van der Waals surface area contributed by atoms with E-state index >= 15 is 0 Å². The van der Waals surface area contributed by atoms with Crippen LogP contribution in [0.2, 0.25) is 0 Å². The van der Waals surface area contributed by atoms with Gasteiger partial charge in [-0.2, -0.15) is 0 Å². The van der Waals surface area contributed by atoms with Crippen LogP contribution in [0.25, 0.3) is 0 Å². The van der Waals surface area contributed by atoms with Gasteiger partial charge in [0.1, 0.15) is 5.84 Å². The van der Waals surface area contributed by atoms with Crippen molar-refractivity contribution < 1.29 is 5.11 Å². The van der Waals surface area contributed by atoms with Crippen molar-refractivity contribution in [3.63, 3.8) is 0 Å². The first-order chi connectivity index (χ1) is 10.8. The molecule has 0 aromatic heterocycles. The van der Waals surface area contributed by atoms with Gasteiger partial charge in [0.25, 0.3) is 0 Å². The summed E-state index contributed by atoms with van der Waals surface area (Å²) in [7, 11) is 0. The van der Waals surface area contributed by atoms with Crippen molar-refractivity contribution in [2.45, 2.75) is 31.4 Å². The van der Waals surface area contributed by atoms with Gasteiger partial charge in [-0.3, -0.25) is 0 Å². The molecule has 1 fully saturated rings. The first-order valence-electron chi connectivity index (χ1n) is 8.03. The quantitative estimate of drug-likeness (QED) is 0.868. The normalized spacial score (nSPS) is 24.0. The predicted octanol–water partition coefficient (Wildman–Crippen LogP) is 3.80. The Balaban J connectivity index is 1.95. The number of amidine groups is 1. The summed E-state index contributed by atoms with van der Waals surface area (Å²) in [6, 6.07) is 17.9. The van der Waals surface area contributed by atoms with E-state index in [0.717, 1.165) is 48.5 Å². The average Bonchev–Trinajstić information content (AvgIpc) is 2.82. The Kier molecular flexibility index (Phi) is 3.23. The minimum absolute atomic E-state index is 0.846. The van der Waals surface area contributed by atoms with Crippen LogP contribution < -0.4 is 0 Å². The van der Waals surface area contributed by atoms with Crippen molar-refractivity contribution in [1.29, 1.82) is 0 Å². The Labute approximate surface area is 130 Å². The molecule has 4 rings (SSSR count). The van der Waals surface area contributed by atoms with Gasteiger partial charge in [-0.25, -0.2) is 4.99 Å². The fourth-order valence-corrected chi connectivity index (χ4v) is 3.59. The van der Waals surface area contributed by atoms with Gasteiger partial charge in [-0.15, -0.1) is 0 Å². The second-order valence-corrected chi connectivity index (χ2v) is 6.05. The molecule has 112 valence electrons. The van der Waals surface area contributed by atoms with Crippen molar-refractivity contribution in [1.82, 2.24) is 4.90 Å². The molecule has 3 heteroatoms. The molecule has 2 aromatic carbocycles. The molecular formula is C19H20N2O. The second-order valence-electron chi connectivity index (χ2n) is 6.05. The van der Waals surface area contributed by atoms with E-state index in [1.807, 2.05) is 54.6 Å². The molecule has 3 nitrogen and oxygen atoms in total. The molecule has 2 heterocycles. The molecule has 22 heavy (non-hydrogen) atoms. The SMILES string of the molecule is OC1(c2ccccc2)c2ccccc2N=C2CCCCCN21. The third-order valence-corrected chi connectivity index (χ3v) is 4.69. The number of aliphatic imine (C=N–C) groups is 1. The topological polar surface area (TPSA) is 35.8 Å². The lowest BCUT2D eigenvalue weighted by atomic mass is 9.89. The van der Waals surface area contributed by atoms with E-state index in [1.165, 1.54) is 6.42 Å². The Bertz CT molecular complexity index is 710. The summed E-state index contributed by atoms with van der Waals surface area (Å²) >= 11 is 0. The van der Waals surface area contributed by atoms with Gasteiger partial charge in [0.05, 0.1) is 5.69 Å². The van der Waals surface area contributed by atoms with Gasteiger partial charge < -0.3 is 10.0 Å². The lowest BCUT2D eigenvalue weighted by molar-refractivity contribution is -0.0401. The van der Waals surface area contributed by atoms with E-state index in [0.29, 0.717) is 0 Å². The lowest BCUT2D eigenvalue weighted by Crippen LogP contribution is -2.52. The van der Waals surface area contributed by atoms with Crippen LogP contribution in [-0.4, -0.2) is 22.4 Å². The van der Waals surface area contributed by atoms with E-state index in [1.54, 1.807) is 0 Å². The zero-order valence-electron chi connectivity index (χ0n) is 12.6. The van der Waals surface area contributed by atoms with Gasteiger partial charge in [0, 0.05) is 24.1 Å². The summed E-state index contributed by atoms with van der Waals surface area (Å²) in [5, 5.41) is 11.8. The molecule has 0 radical (unpaired) electrons. The summed E-state index contributed by atoms with van der Waals surface area (Å²) in [5.41, 5.74) is 1.57. The number of hydrogen-bond donors (Lipinski definition) is 1. The first kappa shape index (κ1) is 13.5. The average molecular weight is 292 g/mol. The second kappa shape index (κ2) is 5.25. The molecule has 1 N–H and O–H groups in total. The molecule has 1 saturated heterocycles. The maximum absolute atomic E-state index is 11.8. The molecule has 0 bridgehead atoms. The summed E-state index contributed by atoms with van der Waals surface area (Å²) in [6.07, 6.45) is 4.36. The predicted molar refractivity (Wildman–Crippen MR) is 88.2 cm³/mol. The van der Waals surface area contributed by atoms with Gasteiger partial charge in [0.15, 0.2) is 5.72 Å². The molecule has 2 aliphatic rings. The minimum Gasteiger partial charge on any atom is -0.363 e. The monoisotopic (exact) mass is 292 g/mol. The highest BCUT2D eigenvalue weighted by Gasteiger charge is 2.44. The van der Waals surface area contributed by atoms with Crippen molar-refractivity contribution in [2.75, 3.05) is 6.54 Å². The smallest absolute Gasteiger partial charge is 0.194 e. The Hall–Kier alpha value is -2.13. The van der Waals surface area contributed by atoms with Crippen molar-refractivity contribution >= 4 is 11.5 Å². The van der Waals surface area contributed by atoms with Crippen LogP contribution in [0, 0.1) is 0 Å². The third-order valence-electron chi connectivity index (χ3n) is 4.69. The summed E-state index contributed by atoms with van der Waals surface area (Å²) < 4.78 is 0.